The molecule has 0 N–H and O–H groups in total. The summed E-state index contributed by atoms with van der Waals surface area (Å²) in [7, 11) is 0. The molecule has 3 nitrogen and oxygen atoms in total. The molecule has 0 spiro atoms. The minimum atomic E-state index is 0.641. The van der Waals surface area contributed by atoms with E-state index in [1.54, 1.807) is 0 Å². The lowest BCUT2D eigenvalue weighted by molar-refractivity contribution is 1.07. The Morgan fingerprint density at radius 3 is 0.917 bits per heavy atom. The van der Waals surface area contributed by atoms with Crippen LogP contribution in [-0.2, 0) is 0 Å². The van der Waals surface area contributed by atoms with E-state index in [2.05, 4.69) is 176 Å². The van der Waals surface area contributed by atoms with Crippen LogP contribution in [0.5, 0.6) is 0 Å². The van der Waals surface area contributed by atoms with Crippen LogP contribution in [0.2, 0.25) is 0 Å². The van der Waals surface area contributed by atoms with E-state index in [0.717, 1.165) is 44.3 Å². The highest BCUT2D eigenvalue weighted by Crippen LogP contribution is 2.32. The Bertz CT molecular complexity index is 2500. The lowest BCUT2D eigenvalue weighted by Gasteiger charge is -2.11. The summed E-state index contributed by atoms with van der Waals surface area (Å²) in [6.45, 7) is 0. The van der Waals surface area contributed by atoms with Crippen LogP contribution in [0, 0.1) is 0 Å². The van der Waals surface area contributed by atoms with Gasteiger partial charge in [-0.15, -0.1) is 0 Å². The lowest BCUT2D eigenvalue weighted by Crippen LogP contribution is -2.00. The standard InChI is InChI=1S/C45H29N3/c1-4-12-33-25-38(22-19-30(33)9-1)36-15-7-17-40(28-36)43-46-44(48-45(47-43)42-24-21-32-11-3-6-14-35(32)27-42)41-18-8-16-37(29-41)39-23-20-31-10-2-5-13-34(31)26-39/h1-29H. The summed E-state index contributed by atoms with van der Waals surface area (Å²) < 4.78 is 0. The number of hydrogen-bond acceptors (Lipinski definition) is 3. The van der Waals surface area contributed by atoms with Crippen molar-refractivity contribution in [1.82, 2.24) is 15.0 Å². The molecule has 0 atom stereocenters. The van der Waals surface area contributed by atoms with Crippen LogP contribution < -0.4 is 0 Å². The Balaban J connectivity index is 1.18. The summed E-state index contributed by atoms with van der Waals surface area (Å²) in [6.07, 6.45) is 0. The molecule has 0 fully saturated rings. The molecule has 0 unspecified atom stereocenters. The fourth-order valence-electron chi connectivity index (χ4n) is 6.51. The van der Waals surface area contributed by atoms with Crippen LogP contribution in [0.3, 0.4) is 0 Å². The highest BCUT2D eigenvalue weighted by atomic mass is 15.0. The average molecular weight is 612 g/mol. The van der Waals surface area contributed by atoms with Gasteiger partial charge < -0.3 is 0 Å². The predicted octanol–water partition coefficient (Wildman–Crippen LogP) is 11.7. The number of hydrogen-bond donors (Lipinski definition) is 0. The molecular weight excluding hydrogens is 583 g/mol. The Labute approximate surface area is 278 Å². The number of aromatic nitrogens is 3. The third kappa shape index (κ3) is 5.28. The SMILES string of the molecule is c1cc(-c2ccc3ccccc3c2)cc(-c2nc(-c3cccc(-c4ccc5ccccc5c4)c3)nc(-c3ccc4ccccc4c3)n2)c1. The second-order valence-electron chi connectivity index (χ2n) is 12.2. The third-order valence-corrected chi connectivity index (χ3v) is 9.05. The third-order valence-electron chi connectivity index (χ3n) is 9.05. The molecule has 9 rings (SSSR count). The Kier molecular flexibility index (Phi) is 6.80. The predicted molar refractivity (Wildman–Crippen MR) is 200 cm³/mol. The van der Waals surface area contributed by atoms with Crippen molar-refractivity contribution in [2.75, 3.05) is 0 Å². The van der Waals surface area contributed by atoms with Crippen molar-refractivity contribution in [2.24, 2.45) is 0 Å². The molecule has 1 aromatic heterocycles. The van der Waals surface area contributed by atoms with E-state index in [9.17, 15) is 0 Å². The van der Waals surface area contributed by atoms with Gasteiger partial charge in [0.15, 0.2) is 17.5 Å². The molecular formula is C45H29N3. The Morgan fingerprint density at radius 1 is 0.208 bits per heavy atom. The zero-order chi connectivity index (χ0) is 31.9. The molecule has 0 aliphatic rings. The first kappa shape index (κ1) is 27.8. The van der Waals surface area contributed by atoms with Crippen molar-refractivity contribution >= 4 is 32.3 Å². The first-order valence-corrected chi connectivity index (χ1v) is 16.2. The summed E-state index contributed by atoms with van der Waals surface area (Å²) in [5.41, 5.74) is 7.38. The van der Waals surface area contributed by atoms with E-state index < -0.39 is 0 Å². The molecule has 9 aromatic rings. The fourth-order valence-corrected chi connectivity index (χ4v) is 6.51. The molecule has 3 heteroatoms. The zero-order valence-electron chi connectivity index (χ0n) is 26.1. The highest BCUT2D eigenvalue weighted by Gasteiger charge is 2.14. The van der Waals surface area contributed by atoms with Crippen LogP contribution in [0.15, 0.2) is 176 Å². The quantitative estimate of drug-likeness (QED) is 0.194. The van der Waals surface area contributed by atoms with E-state index in [1.165, 1.54) is 26.9 Å². The number of nitrogens with zero attached hydrogens (tertiary/aromatic N) is 3. The molecule has 0 bridgehead atoms. The molecule has 224 valence electrons. The maximum absolute atomic E-state index is 5.11. The second kappa shape index (κ2) is 11.7. The number of rotatable bonds is 5. The van der Waals surface area contributed by atoms with Crippen molar-refractivity contribution in [3.63, 3.8) is 0 Å². The van der Waals surface area contributed by atoms with Crippen LogP contribution in [-0.4, -0.2) is 15.0 Å². The summed E-state index contributed by atoms with van der Waals surface area (Å²) in [5, 5.41) is 7.22. The maximum Gasteiger partial charge on any atom is 0.164 e. The minimum absolute atomic E-state index is 0.641. The Morgan fingerprint density at radius 2 is 0.500 bits per heavy atom. The average Bonchev–Trinajstić information content (AvgIpc) is 3.17. The van der Waals surface area contributed by atoms with Gasteiger partial charge in [-0.25, -0.2) is 15.0 Å². The molecule has 0 radical (unpaired) electrons. The first-order valence-electron chi connectivity index (χ1n) is 16.2. The van der Waals surface area contributed by atoms with Crippen molar-refractivity contribution in [3.8, 4) is 56.4 Å². The van der Waals surface area contributed by atoms with Gasteiger partial charge in [-0.3, -0.25) is 0 Å². The summed E-state index contributed by atoms with van der Waals surface area (Å²) in [6, 6.07) is 61.9. The van der Waals surface area contributed by atoms with Gasteiger partial charge in [0.2, 0.25) is 0 Å². The lowest BCUT2D eigenvalue weighted by atomic mass is 9.99. The minimum Gasteiger partial charge on any atom is -0.208 e. The molecule has 0 amide bonds. The molecule has 0 saturated heterocycles. The maximum atomic E-state index is 5.11. The van der Waals surface area contributed by atoms with E-state index >= 15 is 0 Å². The van der Waals surface area contributed by atoms with Gasteiger partial charge in [0.25, 0.3) is 0 Å². The molecule has 48 heavy (non-hydrogen) atoms. The van der Waals surface area contributed by atoms with Gasteiger partial charge in [-0.2, -0.15) is 0 Å². The van der Waals surface area contributed by atoms with Crippen molar-refractivity contribution in [3.05, 3.63) is 176 Å². The van der Waals surface area contributed by atoms with E-state index in [-0.39, 0.29) is 0 Å². The van der Waals surface area contributed by atoms with Crippen LogP contribution in [0.25, 0.3) is 88.7 Å². The normalized spacial score (nSPS) is 11.3. The first-order chi connectivity index (χ1) is 23.7. The summed E-state index contributed by atoms with van der Waals surface area (Å²) in [5.74, 6) is 1.93. The van der Waals surface area contributed by atoms with Crippen LogP contribution in [0.1, 0.15) is 0 Å². The topological polar surface area (TPSA) is 38.7 Å². The van der Waals surface area contributed by atoms with E-state index in [4.69, 9.17) is 15.0 Å². The van der Waals surface area contributed by atoms with Gasteiger partial charge >= 0.3 is 0 Å². The van der Waals surface area contributed by atoms with Crippen molar-refractivity contribution in [1.29, 1.82) is 0 Å². The number of benzene rings is 8. The molecule has 0 aliphatic carbocycles. The highest BCUT2D eigenvalue weighted by molar-refractivity contribution is 5.90. The fraction of sp³-hybridized carbons (Fsp3) is 0. The summed E-state index contributed by atoms with van der Waals surface area (Å²) >= 11 is 0. The molecule has 1 heterocycles. The largest absolute Gasteiger partial charge is 0.208 e. The molecule has 0 saturated carbocycles. The Hall–Kier alpha value is -6.45. The van der Waals surface area contributed by atoms with Gasteiger partial charge in [-0.1, -0.05) is 146 Å². The van der Waals surface area contributed by atoms with E-state index in [1.807, 2.05) is 0 Å². The second-order valence-corrected chi connectivity index (χ2v) is 12.2. The zero-order valence-corrected chi connectivity index (χ0v) is 26.1. The smallest absolute Gasteiger partial charge is 0.164 e. The van der Waals surface area contributed by atoms with Crippen molar-refractivity contribution < 1.29 is 0 Å². The molecule has 8 aromatic carbocycles. The van der Waals surface area contributed by atoms with Gasteiger partial charge in [0, 0.05) is 16.7 Å². The molecule has 0 aliphatic heterocycles. The summed E-state index contributed by atoms with van der Waals surface area (Å²) in [4.78, 5) is 15.3. The number of fused-ring (bicyclic) bond motifs is 3. The van der Waals surface area contributed by atoms with Gasteiger partial charge in [-0.05, 0) is 84.9 Å². The van der Waals surface area contributed by atoms with Gasteiger partial charge in [0.1, 0.15) is 0 Å². The van der Waals surface area contributed by atoms with Crippen LogP contribution >= 0.6 is 0 Å². The van der Waals surface area contributed by atoms with Crippen LogP contribution in [0.4, 0.5) is 0 Å². The van der Waals surface area contributed by atoms with Crippen molar-refractivity contribution in [2.45, 2.75) is 0 Å². The van der Waals surface area contributed by atoms with E-state index in [0.29, 0.717) is 17.5 Å². The monoisotopic (exact) mass is 611 g/mol. The van der Waals surface area contributed by atoms with Gasteiger partial charge in [0.05, 0.1) is 0 Å².